The van der Waals surface area contributed by atoms with Gasteiger partial charge in [-0.1, -0.05) is 18.4 Å². The second-order valence-electron chi connectivity index (χ2n) is 8.54. The Hall–Kier alpha value is -3.01. The fourth-order valence-electron chi connectivity index (χ4n) is 3.78. The number of carbonyl (C=O) groups is 1. The van der Waals surface area contributed by atoms with Gasteiger partial charge in [-0.15, -0.1) is 12.6 Å². The molecule has 0 radical (unpaired) electrons. The lowest BCUT2D eigenvalue weighted by Gasteiger charge is -2.14. The number of anilines is 1. The third-order valence-corrected chi connectivity index (χ3v) is 6.96. The number of hydrogen-bond donors (Lipinski definition) is 3. The molecule has 0 atom stereocenters. The van der Waals surface area contributed by atoms with Crippen molar-refractivity contribution in [1.82, 2.24) is 10.6 Å². The number of thiol groups is 1. The van der Waals surface area contributed by atoms with E-state index in [2.05, 4.69) is 23.3 Å². The second-order valence-corrected chi connectivity index (χ2v) is 9.97. The number of nitrogens with one attached hydrogen (secondary N) is 2. The van der Waals surface area contributed by atoms with E-state index in [1.54, 1.807) is 43.3 Å². The second kappa shape index (κ2) is 14.8. The summed E-state index contributed by atoms with van der Waals surface area (Å²) in [5.41, 5.74) is 2.70. The molecule has 1 fully saturated rings. The molecule has 0 bridgehead atoms. The van der Waals surface area contributed by atoms with E-state index in [1.165, 1.54) is 56.6 Å². The van der Waals surface area contributed by atoms with Crippen LogP contribution in [0.2, 0.25) is 0 Å². The molecule has 9 heteroatoms. The number of hydrogen-bond acceptors (Lipinski definition) is 6. The van der Waals surface area contributed by atoms with E-state index in [0.717, 1.165) is 16.0 Å². The van der Waals surface area contributed by atoms with Gasteiger partial charge in [0.1, 0.15) is 23.0 Å². The molecule has 1 aliphatic heterocycles. The first kappa shape index (κ1) is 29.5. The molecule has 1 aliphatic rings. The minimum absolute atomic E-state index is 0.220. The van der Waals surface area contributed by atoms with E-state index < -0.39 is 0 Å². The average Bonchev–Trinajstić information content (AvgIpc) is 3.34. The smallest absolute Gasteiger partial charge is 0.255 e. The molecule has 202 valence electrons. The number of carbonyl (C=O) groups excluding carboxylic acids is 1. The Balaban J connectivity index is 0.000000231. The van der Waals surface area contributed by atoms with Gasteiger partial charge < -0.3 is 19.4 Å². The Kier molecular flexibility index (Phi) is 11.5. The van der Waals surface area contributed by atoms with Gasteiger partial charge in [-0.3, -0.25) is 4.79 Å². The maximum Gasteiger partial charge on any atom is 0.255 e. The quantitative estimate of drug-likeness (QED) is 0.183. The van der Waals surface area contributed by atoms with Gasteiger partial charge in [-0.2, -0.15) is 0 Å². The van der Waals surface area contributed by atoms with Crippen LogP contribution in [0.5, 0.6) is 0 Å². The topological polar surface area (TPSA) is 57.5 Å². The first-order valence-electron chi connectivity index (χ1n) is 12.3. The van der Waals surface area contributed by atoms with Gasteiger partial charge in [0, 0.05) is 42.3 Å². The molecule has 0 saturated carbocycles. The van der Waals surface area contributed by atoms with Crippen LogP contribution in [0.25, 0.3) is 22.3 Å². The first-order valence-corrected chi connectivity index (χ1v) is 13.9. The van der Waals surface area contributed by atoms with Gasteiger partial charge in [-0.25, -0.2) is 8.78 Å². The van der Waals surface area contributed by atoms with E-state index in [1.807, 2.05) is 35.8 Å². The molecule has 5 rings (SSSR count). The minimum Gasteiger partial charge on any atom is -0.455 e. The van der Waals surface area contributed by atoms with Crippen molar-refractivity contribution < 1.29 is 18.0 Å². The summed E-state index contributed by atoms with van der Waals surface area (Å²) >= 11 is 5.54. The van der Waals surface area contributed by atoms with Crippen LogP contribution in [-0.4, -0.2) is 39.3 Å². The number of rotatable bonds is 4. The predicted octanol–water partition coefficient (Wildman–Crippen LogP) is 7.19. The molecule has 0 aliphatic carbocycles. The summed E-state index contributed by atoms with van der Waals surface area (Å²) in [6.45, 7) is 2.50. The van der Waals surface area contributed by atoms with Crippen LogP contribution >= 0.6 is 24.6 Å². The predicted molar refractivity (Wildman–Crippen MR) is 157 cm³/mol. The van der Waals surface area contributed by atoms with Crippen LogP contribution < -0.4 is 14.9 Å². The molecule has 2 heterocycles. The van der Waals surface area contributed by atoms with Gasteiger partial charge in [0.25, 0.3) is 5.91 Å². The Bertz CT molecular complexity index is 1280. The van der Waals surface area contributed by atoms with Gasteiger partial charge in [-0.05, 0) is 86.6 Å². The van der Waals surface area contributed by atoms with Crippen molar-refractivity contribution in [3.05, 3.63) is 83.9 Å². The van der Waals surface area contributed by atoms with Crippen LogP contribution in [0.15, 0.2) is 76.0 Å². The summed E-state index contributed by atoms with van der Waals surface area (Å²) in [4.78, 5) is 13.1. The van der Waals surface area contributed by atoms with Crippen LogP contribution in [0, 0.1) is 11.6 Å². The van der Waals surface area contributed by atoms with Crippen molar-refractivity contribution in [2.75, 3.05) is 37.7 Å². The lowest BCUT2D eigenvalue weighted by Crippen LogP contribution is -2.21. The lowest BCUT2D eigenvalue weighted by molar-refractivity contribution is 0.0964. The van der Waals surface area contributed by atoms with Crippen molar-refractivity contribution in [3.63, 3.8) is 0 Å². The molecule has 1 amide bonds. The zero-order chi connectivity index (χ0) is 27.5. The fraction of sp³-hybridized carbons (Fsp3) is 0.276. The Morgan fingerprint density at radius 1 is 0.974 bits per heavy atom. The van der Waals surface area contributed by atoms with E-state index in [4.69, 9.17) is 4.42 Å². The summed E-state index contributed by atoms with van der Waals surface area (Å²) in [6.07, 6.45) is 6.19. The molecule has 4 aromatic rings. The number of fused-ring (bicyclic) bond motifs is 1. The minimum atomic E-state index is -0.333. The highest BCUT2D eigenvalue weighted by Crippen LogP contribution is 2.36. The van der Waals surface area contributed by atoms with Gasteiger partial charge >= 0.3 is 0 Å². The number of benzene rings is 3. The lowest BCUT2D eigenvalue weighted by atomic mass is 10.0. The highest BCUT2D eigenvalue weighted by molar-refractivity contribution is 7.99. The number of piperidine rings is 1. The monoisotopic (exact) mass is 557 g/mol. The molecule has 0 unspecified atom stereocenters. The highest BCUT2D eigenvalue weighted by atomic mass is 32.2. The van der Waals surface area contributed by atoms with Crippen LogP contribution in [-0.2, 0) is 0 Å². The maximum absolute atomic E-state index is 13.2. The number of nitrogens with zero attached hydrogens (tertiary/aromatic N) is 1. The van der Waals surface area contributed by atoms with E-state index in [-0.39, 0.29) is 17.5 Å². The highest BCUT2D eigenvalue weighted by Gasteiger charge is 2.22. The van der Waals surface area contributed by atoms with Gasteiger partial charge in [0.2, 0.25) is 0 Å². The van der Waals surface area contributed by atoms with Crippen LogP contribution in [0.3, 0.4) is 0 Å². The van der Waals surface area contributed by atoms with Gasteiger partial charge in [0.05, 0.1) is 11.3 Å². The zero-order valence-electron chi connectivity index (χ0n) is 21.8. The molecule has 1 saturated heterocycles. The Morgan fingerprint density at radius 2 is 1.58 bits per heavy atom. The van der Waals surface area contributed by atoms with Crippen molar-refractivity contribution in [1.29, 1.82) is 0 Å². The average molecular weight is 558 g/mol. The summed E-state index contributed by atoms with van der Waals surface area (Å²) in [6, 6.07) is 17.6. The third kappa shape index (κ3) is 8.24. The van der Waals surface area contributed by atoms with Crippen molar-refractivity contribution in [2.45, 2.75) is 24.2 Å². The molecule has 0 spiro atoms. The van der Waals surface area contributed by atoms with Crippen LogP contribution in [0.1, 0.15) is 29.6 Å². The molecule has 5 nitrogen and oxygen atoms in total. The zero-order valence-corrected chi connectivity index (χ0v) is 23.5. The number of halogens is 2. The van der Waals surface area contributed by atoms with Crippen molar-refractivity contribution in [2.24, 2.45) is 0 Å². The Morgan fingerprint density at radius 3 is 2.05 bits per heavy atom. The number of amides is 1. The largest absolute Gasteiger partial charge is 0.455 e. The molecule has 1 aromatic heterocycles. The first-order chi connectivity index (χ1) is 18.3. The maximum atomic E-state index is 13.2. The number of furan rings is 1. The van der Waals surface area contributed by atoms with E-state index in [9.17, 15) is 13.6 Å². The SMILES string of the molecule is C1CCNCC1.CNC(=O)c1c(-c2ccc(F)cc2)oc2cc(N(C)SC)ccc12.Fc1ccc(S)cc1. The summed E-state index contributed by atoms with van der Waals surface area (Å²) in [7, 11) is 3.53. The summed E-state index contributed by atoms with van der Waals surface area (Å²) < 4.78 is 33.2. The molecule has 3 aromatic carbocycles. The Labute approximate surface area is 232 Å². The van der Waals surface area contributed by atoms with E-state index in [0.29, 0.717) is 22.5 Å². The molecule has 38 heavy (non-hydrogen) atoms. The van der Waals surface area contributed by atoms with Crippen molar-refractivity contribution >= 4 is 47.1 Å². The molecular formula is C29H33F2N3O2S2. The summed E-state index contributed by atoms with van der Waals surface area (Å²) in [5, 5.41) is 6.66. The van der Waals surface area contributed by atoms with Crippen molar-refractivity contribution in [3.8, 4) is 11.3 Å². The standard InChI is InChI=1S/C18H17FN2O2S.C6H5FS.C5H11N/c1-20-18(22)16-14-9-8-13(21(2)24-3)10-15(14)23-17(16)11-4-6-12(19)7-5-11;7-5-1-3-6(8)4-2-5;1-2-4-6-5-3-1/h4-10H,1-3H3,(H,20,22);1-4,8H;6H,1-5H2. The van der Waals surface area contributed by atoms with Crippen LogP contribution in [0.4, 0.5) is 14.5 Å². The van der Waals surface area contributed by atoms with E-state index >= 15 is 0 Å². The molecular weight excluding hydrogens is 524 g/mol. The molecule has 2 N–H and O–H groups in total. The normalized spacial score (nSPS) is 12.6. The fourth-order valence-corrected chi connectivity index (χ4v) is 4.26. The third-order valence-electron chi connectivity index (χ3n) is 5.91. The summed E-state index contributed by atoms with van der Waals surface area (Å²) in [5.74, 6) is -0.351. The van der Waals surface area contributed by atoms with Gasteiger partial charge in [0.15, 0.2) is 0 Å².